The van der Waals surface area contributed by atoms with E-state index in [1.165, 1.54) is 116 Å². The Balaban J connectivity index is 4.19. The van der Waals surface area contributed by atoms with Gasteiger partial charge in [-0.2, -0.15) is 0 Å². The van der Waals surface area contributed by atoms with Crippen LogP contribution in [0.1, 0.15) is 187 Å². The summed E-state index contributed by atoms with van der Waals surface area (Å²) < 4.78 is 33.3. The quantitative estimate of drug-likeness (QED) is 0.0242. The zero-order chi connectivity index (χ0) is 37.5. The van der Waals surface area contributed by atoms with Crippen molar-refractivity contribution in [3.05, 3.63) is 24.3 Å². The van der Waals surface area contributed by atoms with Crippen molar-refractivity contribution in [2.45, 2.75) is 199 Å². The van der Waals surface area contributed by atoms with Crippen LogP contribution in [0.5, 0.6) is 0 Å². The summed E-state index contributed by atoms with van der Waals surface area (Å²) in [6.07, 6.45) is 38.4. The predicted molar refractivity (Wildman–Crippen MR) is 210 cm³/mol. The summed E-state index contributed by atoms with van der Waals surface area (Å²) in [7, 11) is -4.51. The average molecular weight is 747 g/mol. The molecule has 0 bridgehead atoms. The van der Waals surface area contributed by atoms with E-state index in [-0.39, 0.29) is 25.6 Å². The van der Waals surface area contributed by atoms with Crippen LogP contribution in [0.15, 0.2) is 24.3 Å². The zero-order valence-electron chi connectivity index (χ0n) is 32.8. The van der Waals surface area contributed by atoms with Crippen LogP contribution in [0.2, 0.25) is 0 Å². The molecule has 51 heavy (non-hydrogen) atoms. The van der Waals surface area contributed by atoms with Crippen LogP contribution in [0.4, 0.5) is 0 Å². The van der Waals surface area contributed by atoms with Gasteiger partial charge in [0.15, 0.2) is 0 Å². The first-order chi connectivity index (χ1) is 24.8. The number of unbranched alkanes of at least 4 members (excludes halogenated alkanes) is 22. The third kappa shape index (κ3) is 38.5. The van der Waals surface area contributed by atoms with Gasteiger partial charge in [0.05, 0.1) is 26.4 Å². The molecule has 9 nitrogen and oxygen atoms in total. The van der Waals surface area contributed by atoms with Crippen LogP contribution < -0.4 is 0 Å². The zero-order valence-corrected chi connectivity index (χ0v) is 33.7. The fourth-order valence-corrected chi connectivity index (χ4v) is 6.47. The van der Waals surface area contributed by atoms with Gasteiger partial charge in [0.1, 0.15) is 12.2 Å². The van der Waals surface area contributed by atoms with Gasteiger partial charge in [0.2, 0.25) is 0 Å². The normalized spacial score (nSPS) is 14.4. The van der Waals surface area contributed by atoms with E-state index in [1.807, 2.05) is 0 Å². The first-order valence-corrected chi connectivity index (χ1v) is 22.3. The van der Waals surface area contributed by atoms with Crippen LogP contribution >= 0.6 is 7.82 Å². The maximum absolute atomic E-state index is 12.6. The van der Waals surface area contributed by atoms with Gasteiger partial charge in [-0.15, -0.1) is 0 Å². The molecule has 0 spiro atoms. The van der Waals surface area contributed by atoms with E-state index in [1.54, 1.807) is 0 Å². The Bertz CT molecular complexity index is 851. The van der Waals surface area contributed by atoms with Gasteiger partial charge in [-0.05, 0) is 44.9 Å². The molecular weight excluding hydrogens is 667 g/mol. The van der Waals surface area contributed by atoms with Gasteiger partial charge in [-0.1, -0.05) is 160 Å². The van der Waals surface area contributed by atoms with Crippen LogP contribution in [0, 0.1) is 0 Å². The third-order valence-corrected chi connectivity index (χ3v) is 9.84. The van der Waals surface area contributed by atoms with Crippen molar-refractivity contribution >= 4 is 13.8 Å². The minimum Gasteiger partial charge on any atom is -0.457 e. The average Bonchev–Trinajstić information content (AvgIpc) is 3.12. The topological polar surface area (TPSA) is 132 Å². The number of ether oxygens (including phenoxy) is 2. The maximum atomic E-state index is 12.6. The smallest absolute Gasteiger partial charge is 0.457 e. The van der Waals surface area contributed by atoms with E-state index in [2.05, 4.69) is 38.2 Å². The first kappa shape index (κ1) is 49.9. The Morgan fingerprint density at radius 2 is 1.06 bits per heavy atom. The van der Waals surface area contributed by atoms with E-state index in [9.17, 15) is 19.4 Å². The highest BCUT2D eigenvalue weighted by atomic mass is 31.2. The molecule has 0 amide bonds. The molecular formula is C41H79O9P. The highest BCUT2D eigenvalue weighted by Gasteiger charge is 2.26. The Hall–Kier alpha value is -1.06. The summed E-state index contributed by atoms with van der Waals surface area (Å²) in [6.45, 7) is 3.48. The molecule has 0 aliphatic heterocycles. The summed E-state index contributed by atoms with van der Waals surface area (Å²) >= 11 is 0. The van der Waals surface area contributed by atoms with E-state index in [4.69, 9.17) is 23.6 Å². The fourth-order valence-electron chi connectivity index (χ4n) is 5.68. The van der Waals surface area contributed by atoms with Crippen LogP contribution in [-0.4, -0.2) is 66.3 Å². The number of hydrogen-bond acceptors (Lipinski definition) is 8. The molecule has 0 heterocycles. The maximum Gasteiger partial charge on any atom is 0.472 e. The number of allylic oxidation sites excluding steroid dienone is 4. The van der Waals surface area contributed by atoms with Gasteiger partial charge in [-0.3, -0.25) is 13.8 Å². The van der Waals surface area contributed by atoms with Crippen molar-refractivity contribution in [1.82, 2.24) is 0 Å². The molecule has 0 radical (unpaired) electrons. The van der Waals surface area contributed by atoms with E-state index in [0.29, 0.717) is 6.61 Å². The summed E-state index contributed by atoms with van der Waals surface area (Å²) in [5, 5.41) is 18.3. The third-order valence-electron chi connectivity index (χ3n) is 8.89. The van der Waals surface area contributed by atoms with E-state index < -0.39 is 33.2 Å². The highest BCUT2D eigenvalue weighted by Crippen LogP contribution is 2.43. The molecule has 3 atom stereocenters. The molecule has 3 unspecified atom stereocenters. The number of aliphatic hydroxyl groups is 2. The Morgan fingerprint density at radius 3 is 1.61 bits per heavy atom. The molecule has 0 aromatic carbocycles. The monoisotopic (exact) mass is 747 g/mol. The van der Waals surface area contributed by atoms with E-state index >= 15 is 0 Å². The van der Waals surface area contributed by atoms with Gasteiger partial charge in [-0.25, -0.2) is 4.57 Å². The summed E-state index contributed by atoms with van der Waals surface area (Å²) in [6, 6.07) is 0. The van der Waals surface area contributed by atoms with E-state index in [0.717, 1.165) is 51.4 Å². The SMILES string of the molecule is CCCCC/C=C\C/C=C\CCCCCCCCOCC(COP(=O)(O)OCC(O)CO)OC(=O)CCCCCCCCCCCCCCCC. The second-order valence-electron chi connectivity index (χ2n) is 14.0. The second-order valence-corrected chi connectivity index (χ2v) is 15.5. The Labute approximate surface area is 313 Å². The molecule has 0 rings (SSSR count). The van der Waals surface area contributed by atoms with Crippen LogP contribution in [-0.2, 0) is 27.9 Å². The van der Waals surface area contributed by atoms with Gasteiger partial charge >= 0.3 is 13.8 Å². The van der Waals surface area contributed by atoms with Crippen molar-refractivity contribution < 1.29 is 43.0 Å². The van der Waals surface area contributed by atoms with Crippen molar-refractivity contribution in [2.75, 3.05) is 33.0 Å². The fraction of sp³-hybridized carbons (Fsp3) is 0.878. The van der Waals surface area contributed by atoms with Crippen molar-refractivity contribution in [1.29, 1.82) is 0 Å². The molecule has 0 saturated carbocycles. The standard InChI is InChI=1S/C41H79O9P/c1-3-5-7-9-11-13-15-17-19-20-22-24-26-28-30-32-34-47-37-40(38-49-51(45,46)48-36-39(43)35-42)50-41(44)33-31-29-27-25-23-21-18-16-14-12-10-8-6-4-2/h11,13,17,19,39-40,42-43H,3-10,12,14-16,18,20-38H2,1-2H3,(H,45,46)/b13-11-,19-17-. The number of phosphoric acid groups is 1. The van der Waals surface area contributed by atoms with Crippen molar-refractivity contribution in [3.8, 4) is 0 Å². The molecule has 0 aliphatic carbocycles. The number of phosphoric ester groups is 1. The molecule has 0 fully saturated rings. The minimum absolute atomic E-state index is 0.0456. The van der Waals surface area contributed by atoms with Gasteiger partial charge < -0.3 is 24.6 Å². The number of carbonyl (C=O) groups excluding carboxylic acids is 1. The number of aliphatic hydroxyl groups excluding tert-OH is 2. The molecule has 0 aliphatic rings. The largest absolute Gasteiger partial charge is 0.472 e. The molecule has 10 heteroatoms. The summed E-state index contributed by atoms with van der Waals surface area (Å²) in [5.74, 6) is -0.385. The lowest BCUT2D eigenvalue weighted by atomic mass is 10.0. The lowest BCUT2D eigenvalue weighted by molar-refractivity contribution is -0.154. The minimum atomic E-state index is -4.51. The molecule has 3 N–H and O–H groups in total. The highest BCUT2D eigenvalue weighted by molar-refractivity contribution is 7.47. The van der Waals surface area contributed by atoms with Crippen molar-refractivity contribution in [2.24, 2.45) is 0 Å². The summed E-state index contributed by atoms with van der Waals surface area (Å²) in [4.78, 5) is 22.5. The molecule has 0 saturated heterocycles. The second kappa shape index (κ2) is 38.7. The number of rotatable bonds is 40. The van der Waals surface area contributed by atoms with Crippen LogP contribution in [0.3, 0.4) is 0 Å². The van der Waals surface area contributed by atoms with Crippen molar-refractivity contribution in [3.63, 3.8) is 0 Å². The van der Waals surface area contributed by atoms with Gasteiger partial charge in [0.25, 0.3) is 0 Å². The number of hydrogen-bond donors (Lipinski definition) is 3. The lowest BCUT2D eigenvalue weighted by Crippen LogP contribution is -2.29. The number of carbonyl (C=O) groups is 1. The molecule has 0 aromatic rings. The Morgan fingerprint density at radius 1 is 0.608 bits per heavy atom. The molecule has 302 valence electrons. The van der Waals surface area contributed by atoms with Gasteiger partial charge in [0, 0.05) is 13.0 Å². The number of esters is 1. The Kier molecular flexibility index (Phi) is 37.9. The summed E-state index contributed by atoms with van der Waals surface area (Å²) in [5.41, 5.74) is 0. The molecule has 0 aromatic heterocycles. The lowest BCUT2D eigenvalue weighted by Gasteiger charge is -2.20. The first-order valence-electron chi connectivity index (χ1n) is 20.8. The predicted octanol–water partition coefficient (Wildman–Crippen LogP) is 11.1. The van der Waals surface area contributed by atoms with Crippen LogP contribution in [0.25, 0.3) is 0 Å².